The molecule has 3 rings (SSSR count). The summed E-state index contributed by atoms with van der Waals surface area (Å²) in [6.45, 7) is 0. The largest absolute Gasteiger partial charge is 0.382 e. The number of nitro benzene ring substituents is 1. The van der Waals surface area contributed by atoms with Crippen molar-refractivity contribution in [3.63, 3.8) is 0 Å². The third kappa shape index (κ3) is 1.99. The van der Waals surface area contributed by atoms with Crippen LogP contribution >= 0.6 is 0 Å². The van der Waals surface area contributed by atoms with Crippen molar-refractivity contribution < 1.29 is 4.92 Å². The summed E-state index contributed by atoms with van der Waals surface area (Å²) in [6, 6.07) is 7.35. The van der Waals surface area contributed by atoms with Gasteiger partial charge in [-0.2, -0.15) is 0 Å². The zero-order valence-corrected chi connectivity index (χ0v) is 9.63. The molecule has 4 nitrogen and oxygen atoms in total. The van der Waals surface area contributed by atoms with Crippen LogP contribution < -0.4 is 5.32 Å². The maximum atomic E-state index is 10.7. The quantitative estimate of drug-likeness (QED) is 0.643. The smallest absolute Gasteiger partial charge is 0.271 e. The normalized spacial score (nSPS) is 30.5. The van der Waals surface area contributed by atoms with Crippen LogP contribution in [0.1, 0.15) is 25.7 Å². The Morgan fingerprint density at radius 2 is 2.18 bits per heavy atom. The number of anilines is 1. The Hall–Kier alpha value is -1.58. The lowest BCUT2D eigenvalue weighted by Crippen LogP contribution is -2.25. The fourth-order valence-electron chi connectivity index (χ4n) is 3.34. The number of rotatable bonds is 3. The van der Waals surface area contributed by atoms with Gasteiger partial charge in [0.15, 0.2) is 0 Å². The Balaban J connectivity index is 1.73. The number of benzene rings is 1. The summed E-state index contributed by atoms with van der Waals surface area (Å²) in [5.74, 6) is 1.66. The summed E-state index contributed by atoms with van der Waals surface area (Å²) in [5.41, 5.74) is 1.05. The standard InChI is InChI=1S/C13H16N2O2/c16-15(17)12-3-1-2-11(8-12)14-13-7-9-4-5-10(13)6-9/h1-3,8-10,13-14H,4-7H2/t9-,10+,13?/m1/s1. The molecule has 0 aliphatic heterocycles. The average Bonchev–Trinajstić information content (AvgIpc) is 2.91. The molecule has 90 valence electrons. The molecule has 4 heteroatoms. The first kappa shape index (κ1) is 10.6. The van der Waals surface area contributed by atoms with Crippen LogP contribution in [0.2, 0.25) is 0 Å². The van der Waals surface area contributed by atoms with Gasteiger partial charge in [-0.3, -0.25) is 10.1 Å². The second-order valence-electron chi connectivity index (χ2n) is 5.23. The molecular formula is C13H16N2O2. The Kier molecular flexibility index (Phi) is 2.50. The van der Waals surface area contributed by atoms with Crippen LogP contribution in [0.5, 0.6) is 0 Å². The second-order valence-corrected chi connectivity index (χ2v) is 5.23. The van der Waals surface area contributed by atoms with E-state index in [0.717, 1.165) is 17.5 Å². The first-order valence-corrected chi connectivity index (χ1v) is 6.23. The molecule has 2 aliphatic carbocycles. The summed E-state index contributed by atoms with van der Waals surface area (Å²) >= 11 is 0. The molecule has 2 fully saturated rings. The molecule has 0 aromatic heterocycles. The van der Waals surface area contributed by atoms with Crippen LogP contribution in [-0.4, -0.2) is 11.0 Å². The van der Waals surface area contributed by atoms with Gasteiger partial charge in [-0.05, 0) is 37.2 Å². The van der Waals surface area contributed by atoms with Gasteiger partial charge in [0.25, 0.3) is 5.69 Å². The van der Waals surface area contributed by atoms with Crippen molar-refractivity contribution in [1.29, 1.82) is 0 Å². The number of hydrogen-bond donors (Lipinski definition) is 1. The molecular weight excluding hydrogens is 216 g/mol. The molecule has 1 aromatic carbocycles. The summed E-state index contributed by atoms with van der Waals surface area (Å²) < 4.78 is 0. The van der Waals surface area contributed by atoms with Crippen molar-refractivity contribution in [2.45, 2.75) is 31.7 Å². The third-order valence-electron chi connectivity index (χ3n) is 4.15. The highest BCUT2D eigenvalue weighted by Crippen LogP contribution is 2.45. The molecule has 3 atom stereocenters. The third-order valence-corrected chi connectivity index (χ3v) is 4.15. The minimum absolute atomic E-state index is 0.165. The van der Waals surface area contributed by atoms with E-state index in [0.29, 0.717) is 6.04 Å². The molecule has 2 saturated carbocycles. The van der Waals surface area contributed by atoms with Crippen LogP contribution in [0.3, 0.4) is 0 Å². The Labute approximate surface area is 100 Å². The highest BCUT2D eigenvalue weighted by Gasteiger charge is 2.39. The average molecular weight is 232 g/mol. The highest BCUT2D eigenvalue weighted by molar-refractivity contribution is 5.51. The van der Waals surface area contributed by atoms with Gasteiger partial charge < -0.3 is 5.32 Å². The van der Waals surface area contributed by atoms with Crippen LogP contribution in [0.25, 0.3) is 0 Å². The number of nitro groups is 1. The molecule has 0 radical (unpaired) electrons. The van der Waals surface area contributed by atoms with Crippen LogP contribution in [0.15, 0.2) is 24.3 Å². The molecule has 17 heavy (non-hydrogen) atoms. The van der Waals surface area contributed by atoms with Crippen LogP contribution in [0, 0.1) is 22.0 Å². The minimum atomic E-state index is -0.341. The predicted octanol–water partition coefficient (Wildman–Crippen LogP) is 3.20. The van der Waals surface area contributed by atoms with Gasteiger partial charge in [-0.1, -0.05) is 12.5 Å². The summed E-state index contributed by atoms with van der Waals surface area (Å²) in [4.78, 5) is 10.4. The SMILES string of the molecule is O=[N+]([O-])c1cccc(NC2C[C@@H]3CC[C@H]2C3)c1. The van der Waals surface area contributed by atoms with Gasteiger partial charge in [0.1, 0.15) is 0 Å². The minimum Gasteiger partial charge on any atom is -0.382 e. The van der Waals surface area contributed by atoms with E-state index >= 15 is 0 Å². The number of hydrogen-bond acceptors (Lipinski definition) is 3. The van der Waals surface area contributed by atoms with E-state index in [4.69, 9.17) is 0 Å². The molecule has 0 spiro atoms. The van der Waals surface area contributed by atoms with Gasteiger partial charge in [-0.15, -0.1) is 0 Å². The Morgan fingerprint density at radius 3 is 2.82 bits per heavy atom. The van der Waals surface area contributed by atoms with Crippen molar-refractivity contribution in [3.05, 3.63) is 34.4 Å². The molecule has 1 unspecified atom stereocenters. The van der Waals surface area contributed by atoms with E-state index < -0.39 is 0 Å². The predicted molar refractivity (Wildman–Crippen MR) is 66.0 cm³/mol. The first-order chi connectivity index (χ1) is 8.22. The summed E-state index contributed by atoms with van der Waals surface area (Å²) in [7, 11) is 0. The fourth-order valence-corrected chi connectivity index (χ4v) is 3.34. The first-order valence-electron chi connectivity index (χ1n) is 6.23. The molecule has 1 aromatic rings. The van der Waals surface area contributed by atoms with E-state index in [-0.39, 0.29) is 10.6 Å². The van der Waals surface area contributed by atoms with Gasteiger partial charge in [0.2, 0.25) is 0 Å². The lowest BCUT2D eigenvalue weighted by Gasteiger charge is -2.23. The van der Waals surface area contributed by atoms with Gasteiger partial charge in [0.05, 0.1) is 4.92 Å². The van der Waals surface area contributed by atoms with Gasteiger partial charge in [-0.25, -0.2) is 0 Å². The molecule has 1 N–H and O–H groups in total. The van der Waals surface area contributed by atoms with E-state index in [1.165, 1.54) is 31.7 Å². The van der Waals surface area contributed by atoms with Gasteiger partial charge in [0, 0.05) is 23.9 Å². The second kappa shape index (κ2) is 4.02. The number of fused-ring (bicyclic) bond motifs is 2. The van der Waals surface area contributed by atoms with Crippen LogP contribution in [-0.2, 0) is 0 Å². The molecule has 2 aliphatic rings. The van der Waals surface area contributed by atoms with E-state index in [1.54, 1.807) is 12.1 Å². The molecule has 2 bridgehead atoms. The van der Waals surface area contributed by atoms with E-state index in [9.17, 15) is 10.1 Å². The van der Waals surface area contributed by atoms with E-state index in [2.05, 4.69) is 5.32 Å². The van der Waals surface area contributed by atoms with Crippen molar-refractivity contribution in [3.8, 4) is 0 Å². The monoisotopic (exact) mass is 232 g/mol. The maximum Gasteiger partial charge on any atom is 0.271 e. The number of nitrogens with one attached hydrogen (secondary N) is 1. The van der Waals surface area contributed by atoms with Crippen LogP contribution in [0.4, 0.5) is 11.4 Å². The number of nitrogens with zero attached hydrogens (tertiary/aromatic N) is 1. The molecule has 0 heterocycles. The Bertz CT molecular complexity index is 447. The lowest BCUT2D eigenvalue weighted by molar-refractivity contribution is -0.384. The lowest BCUT2D eigenvalue weighted by atomic mass is 9.95. The zero-order valence-electron chi connectivity index (χ0n) is 9.63. The van der Waals surface area contributed by atoms with Crippen molar-refractivity contribution in [1.82, 2.24) is 0 Å². The molecule has 0 saturated heterocycles. The number of non-ortho nitro benzene ring substituents is 1. The molecule has 0 amide bonds. The van der Waals surface area contributed by atoms with Crippen molar-refractivity contribution in [2.75, 3.05) is 5.32 Å². The Morgan fingerprint density at radius 1 is 1.29 bits per heavy atom. The summed E-state index contributed by atoms with van der Waals surface area (Å²) in [5, 5.41) is 14.2. The fraction of sp³-hybridized carbons (Fsp3) is 0.538. The van der Waals surface area contributed by atoms with Crippen molar-refractivity contribution in [2.24, 2.45) is 11.8 Å². The van der Waals surface area contributed by atoms with Gasteiger partial charge >= 0.3 is 0 Å². The highest BCUT2D eigenvalue weighted by atomic mass is 16.6. The maximum absolute atomic E-state index is 10.7. The topological polar surface area (TPSA) is 55.2 Å². The summed E-state index contributed by atoms with van der Waals surface area (Å²) in [6.07, 6.45) is 5.26. The van der Waals surface area contributed by atoms with E-state index in [1.807, 2.05) is 6.07 Å². The zero-order chi connectivity index (χ0) is 11.8. The van der Waals surface area contributed by atoms with Crippen molar-refractivity contribution >= 4 is 11.4 Å².